The van der Waals surface area contributed by atoms with Gasteiger partial charge in [-0.25, -0.2) is 4.79 Å². The summed E-state index contributed by atoms with van der Waals surface area (Å²) in [5.74, 6) is -0.0474. The highest BCUT2D eigenvalue weighted by atomic mass is 16.6. The smallest absolute Gasteiger partial charge is 0.344 e. The Balaban J connectivity index is 1.95. The van der Waals surface area contributed by atoms with E-state index in [0.717, 1.165) is 16.8 Å². The summed E-state index contributed by atoms with van der Waals surface area (Å²) in [7, 11) is 1.43. The number of hydrogen-bond acceptors (Lipinski definition) is 6. The zero-order valence-corrected chi connectivity index (χ0v) is 18.6. The van der Waals surface area contributed by atoms with Gasteiger partial charge in [0, 0.05) is 11.3 Å². The van der Waals surface area contributed by atoms with Gasteiger partial charge in [0.1, 0.15) is 6.29 Å². The van der Waals surface area contributed by atoms with Crippen molar-refractivity contribution in [1.29, 1.82) is 0 Å². The van der Waals surface area contributed by atoms with Crippen LogP contribution in [0, 0.1) is 0 Å². The molecule has 0 spiro atoms. The molecular weight excluding hydrogens is 398 g/mol. The average Bonchev–Trinajstić information content (AvgIpc) is 2.75. The average molecular weight is 427 g/mol. The molecule has 0 unspecified atom stereocenters. The molecule has 0 aliphatic rings. The second-order valence-corrected chi connectivity index (χ2v) is 7.65. The molecule has 1 N–H and O–H groups in total. The molecule has 0 saturated carbocycles. The number of aldehydes is 1. The summed E-state index contributed by atoms with van der Waals surface area (Å²) in [4.78, 5) is 35.3. The highest BCUT2D eigenvalue weighted by Crippen LogP contribution is 2.32. The van der Waals surface area contributed by atoms with Gasteiger partial charge in [0.15, 0.2) is 24.7 Å². The van der Waals surface area contributed by atoms with Crippen LogP contribution in [0.2, 0.25) is 0 Å². The SMILES string of the molecule is COc1cc(C=O)ccc1OCC(=O)OCC(=O)Nc1c(C(C)C)cccc1C(C)C. The second-order valence-electron chi connectivity index (χ2n) is 7.65. The molecule has 0 heterocycles. The van der Waals surface area contributed by atoms with E-state index in [4.69, 9.17) is 14.2 Å². The monoisotopic (exact) mass is 427 g/mol. The minimum Gasteiger partial charge on any atom is -0.493 e. The number of carbonyl (C=O) groups excluding carboxylic acids is 3. The van der Waals surface area contributed by atoms with Gasteiger partial charge >= 0.3 is 5.97 Å². The minimum atomic E-state index is -0.696. The Kier molecular flexibility index (Phi) is 8.61. The molecule has 0 atom stereocenters. The van der Waals surface area contributed by atoms with Gasteiger partial charge in [-0.3, -0.25) is 9.59 Å². The summed E-state index contributed by atoms with van der Waals surface area (Å²) < 4.78 is 15.6. The van der Waals surface area contributed by atoms with Gasteiger partial charge in [0.05, 0.1) is 7.11 Å². The lowest BCUT2D eigenvalue weighted by Crippen LogP contribution is -2.25. The number of amides is 1. The number of methoxy groups -OCH3 is 1. The summed E-state index contributed by atoms with van der Waals surface area (Å²) in [6.07, 6.45) is 0.682. The zero-order valence-electron chi connectivity index (χ0n) is 18.6. The van der Waals surface area contributed by atoms with Crippen LogP contribution in [-0.2, 0) is 14.3 Å². The van der Waals surface area contributed by atoms with Crippen molar-refractivity contribution in [2.75, 3.05) is 25.6 Å². The third kappa shape index (κ3) is 6.57. The Morgan fingerprint density at radius 2 is 1.61 bits per heavy atom. The van der Waals surface area contributed by atoms with Crippen LogP contribution in [0.1, 0.15) is 61.0 Å². The lowest BCUT2D eigenvalue weighted by Gasteiger charge is -2.20. The molecule has 0 fully saturated rings. The van der Waals surface area contributed by atoms with E-state index in [9.17, 15) is 14.4 Å². The van der Waals surface area contributed by atoms with Gasteiger partial charge in [-0.15, -0.1) is 0 Å². The highest BCUT2D eigenvalue weighted by molar-refractivity contribution is 5.94. The number of esters is 1. The predicted octanol–water partition coefficient (Wildman–Crippen LogP) is 4.32. The van der Waals surface area contributed by atoms with Gasteiger partial charge in [0.2, 0.25) is 0 Å². The Hall–Kier alpha value is -3.35. The van der Waals surface area contributed by atoms with E-state index in [2.05, 4.69) is 33.0 Å². The largest absolute Gasteiger partial charge is 0.493 e. The number of para-hydroxylation sites is 1. The second kappa shape index (κ2) is 11.2. The van der Waals surface area contributed by atoms with Gasteiger partial charge in [-0.05, 0) is 41.2 Å². The fourth-order valence-electron chi connectivity index (χ4n) is 3.07. The van der Waals surface area contributed by atoms with E-state index in [-0.39, 0.29) is 11.8 Å². The van der Waals surface area contributed by atoms with E-state index in [1.165, 1.54) is 19.2 Å². The molecule has 31 heavy (non-hydrogen) atoms. The van der Waals surface area contributed by atoms with Crippen molar-refractivity contribution in [3.8, 4) is 11.5 Å². The fraction of sp³-hybridized carbons (Fsp3) is 0.375. The van der Waals surface area contributed by atoms with Crippen LogP contribution in [0.15, 0.2) is 36.4 Å². The standard InChI is InChI=1S/C24H29NO6/c1-15(2)18-7-6-8-19(16(3)4)24(18)25-22(27)13-31-23(28)14-30-20-10-9-17(12-26)11-21(20)29-5/h6-12,15-16H,13-14H2,1-5H3,(H,25,27). The first-order valence-electron chi connectivity index (χ1n) is 10.1. The van der Waals surface area contributed by atoms with E-state index < -0.39 is 25.1 Å². The molecule has 0 bridgehead atoms. The first-order valence-corrected chi connectivity index (χ1v) is 10.1. The quantitative estimate of drug-likeness (QED) is 0.449. The van der Waals surface area contributed by atoms with Crippen LogP contribution in [0.3, 0.4) is 0 Å². The van der Waals surface area contributed by atoms with E-state index in [1.807, 2.05) is 18.2 Å². The Morgan fingerprint density at radius 1 is 0.968 bits per heavy atom. The number of rotatable bonds is 10. The lowest BCUT2D eigenvalue weighted by molar-refractivity contribution is -0.149. The molecule has 0 aliphatic heterocycles. The van der Waals surface area contributed by atoms with E-state index in [1.54, 1.807) is 6.07 Å². The summed E-state index contributed by atoms with van der Waals surface area (Å²) >= 11 is 0. The molecule has 2 aromatic carbocycles. The molecule has 0 saturated heterocycles. The fourth-order valence-corrected chi connectivity index (χ4v) is 3.07. The summed E-state index contributed by atoms with van der Waals surface area (Å²) in [6.45, 7) is 7.41. The molecule has 7 nitrogen and oxygen atoms in total. The van der Waals surface area contributed by atoms with E-state index in [0.29, 0.717) is 23.3 Å². The summed E-state index contributed by atoms with van der Waals surface area (Å²) in [6, 6.07) is 10.5. The van der Waals surface area contributed by atoms with Crippen molar-refractivity contribution in [1.82, 2.24) is 0 Å². The normalized spacial score (nSPS) is 10.7. The van der Waals surface area contributed by atoms with Crippen molar-refractivity contribution in [3.63, 3.8) is 0 Å². The number of ether oxygens (including phenoxy) is 3. The highest BCUT2D eigenvalue weighted by Gasteiger charge is 2.17. The van der Waals surface area contributed by atoms with Crippen LogP contribution >= 0.6 is 0 Å². The summed E-state index contributed by atoms with van der Waals surface area (Å²) in [5.41, 5.74) is 3.25. The molecule has 7 heteroatoms. The molecule has 0 aromatic heterocycles. The van der Waals surface area contributed by atoms with Crippen molar-refractivity contribution >= 4 is 23.9 Å². The number of benzene rings is 2. The van der Waals surface area contributed by atoms with Crippen molar-refractivity contribution in [2.24, 2.45) is 0 Å². The molecular formula is C24H29NO6. The van der Waals surface area contributed by atoms with Crippen LogP contribution in [0.25, 0.3) is 0 Å². The Labute approximate surface area is 182 Å². The van der Waals surface area contributed by atoms with Crippen LogP contribution in [0.5, 0.6) is 11.5 Å². The number of carbonyl (C=O) groups is 3. The maximum Gasteiger partial charge on any atom is 0.344 e. The van der Waals surface area contributed by atoms with Gasteiger partial charge in [0.25, 0.3) is 5.91 Å². The molecule has 0 aliphatic carbocycles. The Bertz CT molecular complexity index is 909. The van der Waals surface area contributed by atoms with Crippen molar-refractivity contribution in [2.45, 2.75) is 39.5 Å². The van der Waals surface area contributed by atoms with Crippen LogP contribution in [-0.4, -0.2) is 38.5 Å². The molecule has 0 radical (unpaired) electrons. The third-order valence-electron chi connectivity index (χ3n) is 4.67. The van der Waals surface area contributed by atoms with Crippen LogP contribution in [0.4, 0.5) is 5.69 Å². The van der Waals surface area contributed by atoms with Crippen molar-refractivity contribution < 1.29 is 28.6 Å². The number of nitrogens with one attached hydrogen (secondary N) is 1. The first-order chi connectivity index (χ1) is 14.8. The molecule has 2 rings (SSSR count). The number of hydrogen-bond donors (Lipinski definition) is 1. The van der Waals surface area contributed by atoms with Crippen molar-refractivity contribution in [3.05, 3.63) is 53.1 Å². The molecule has 2 aromatic rings. The maximum atomic E-state index is 12.4. The minimum absolute atomic E-state index is 0.227. The first kappa shape index (κ1) is 23.9. The molecule has 166 valence electrons. The number of anilines is 1. The third-order valence-corrected chi connectivity index (χ3v) is 4.67. The van der Waals surface area contributed by atoms with Crippen LogP contribution < -0.4 is 14.8 Å². The van der Waals surface area contributed by atoms with Gasteiger partial charge < -0.3 is 19.5 Å². The van der Waals surface area contributed by atoms with E-state index >= 15 is 0 Å². The summed E-state index contributed by atoms with van der Waals surface area (Å²) in [5, 5.41) is 2.89. The predicted molar refractivity (Wildman–Crippen MR) is 118 cm³/mol. The lowest BCUT2D eigenvalue weighted by atomic mass is 9.92. The molecule has 1 amide bonds. The van der Waals surface area contributed by atoms with Gasteiger partial charge in [-0.2, -0.15) is 0 Å². The maximum absolute atomic E-state index is 12.4. The van der Waals surface area contributed by atoms with Gasteiger partial charge in [-0.1, -0.05) is 45.9 Å². The zero-order chi connectivity index (χ0) is 23.0. The topological polar surface area (TPSA) is 90.9 Å². The Morgan fingerprint density at radius 3 is 2.16 bits per heavy atom.